The van der Waals surface area contributed by atoms with Crippen molar-refractivity contribution < 1.29 is 9.53 Å². The number of carbonyl (C=O) groups excluding carboxylic acids is 1. The number of nitrogens with one attached hydrogen (secondary N) is 2. The molecule has 0 radical (unpaired) electrons. The molecule has 0 unspecified atom stereocenters. The highest BCUT2D eigenvalue weighted by Crippen LogP contribution is 2.33. The molecule has 1 aromatic heterocycles. The van der Waals surface area contributed by atoms with Gasteiger partial charge in [-0.3, -0.25) is 9.89 Å². The van der Waals surface area contributed by atoms with Crippen LogP contribution >= 0.6 is 0 Å². The van der Waals surface area contributed by atoms with Gasteiger partial charge in [0.15, 0.2) is 0 Å². The number of H-pyrrole nitrogens is 1. The van der Waals surface area contributed by atoms with Crippen molar-refractivity contribution in [3.63, 3.8) is 0 Å². The van der Waals surface area contributed by atoms with Gasteiger partial charge in [-0.25, -0.2) is 5.43 Å². The third-order valence-corrected chi connectivity index (χ3v) is 4.74. The van der Waals surface area contributed by atoms with E-state index in [9.17, 15) is 4.79 Å². The molecule has 142 valence electrons. The smallest absolute Gasteiger partial charge is 0.289 e. The second kappa shape index (κ2) is 8.08. The normalized spacial score (nSPS) is 12.5. The lowest BCUT2D eigenvalue weighted by atomic mass is 9.89. The maximum Gasteiger partial charge on any atom is 0.289 e. The molecule has 28 heavy (non-hydrogen) atoms. The average Bonchev–Trinajstić information content (AvgIpc) is 3.18. The van der Waals surface area contributed by atoms with Crippen molar-refractivity contribution in [1.82, 2.24) is 15.6 Å². The van der Waals surface area contributed by atoms with Crippen LogP contribution in [-0.2, 0) is 12.8 Å². The van der Waals surface area contributed by atoms with E-state index in [1.165, 1.54) is 5.56 Å². The van der Waals surface area contributed by atoms with Crippen molar-refractivity contribution >= 4 is 12.1 Å². The third-order valence-electron chi connectivity index (χ3n) is 4.74. The van der Waals surface area contributed by atoms with E-state index in [1.54, 1.807) is 6.21 Å². The zero-order valence-electron chi connectivity index (χ0n) is 15.7. The van der Waals surface area contributed by atoms with Gasteiger partial charge >= 0.3 is 0 Å². The molecule has 0 fully saturated rings. The topological polar surface area (TPSA) is 79.4 Å². The van der Waals surface area contributed by atoms with Gasteiger partial charge in [0.2, 0.25) is 0 Å². The van der Waals surface area contributed by atoms with Crippen LogP contribution in [0.2, 0.25) is 0 Å². The minimum Gasteiger partial charge on any atom is -0.494 e. The van der Waals surface area contributed by atoms with E-state index in [4.69, 9.17) is 4.74 Å². The molecule has 0 atom stereocenters. The fourth-order valence-corrected chi connectivity index (χ4v) is 3.34. The molecule has 2 aromatic carbocycles. The molecule has 0 spiro atoms. The highest BCUT2D eigenvalue weighted by molar-refractivity contribution is 5.96. The fraction of sp³-hybridized carbons (Fsp3) is 0.227. The molecule has 4 rings (SSSR count). The first-order chi connectivity index (χ1) is 13.8. The molecule has 2 N–H and O–H groups in total. The summed E-state index contributed by atoms with van der Waals surface area (Å²) in [6, 6.07) is 15.7. The van der Waals surface area contributed by atoms with E-state index < -0.39 is 0 Å². The van der Waals surface area contributed by atoms with Gasteiger partial charge in [-0.1, -0.05) is 31.2 Å². The van der Waals surface area contributed by atoms with Crippen molar-refractivity contribution in [3.8, 4) is 17.0 Å². The number of aryl methyl sites for hydroxylation is 1. The predicted octanol–water partition coefficient (Wildman–Crippen LogP) is 3.73. The van der Waals surface area contributed by atoms with Crippen LogP contribution in [0, 0.1) is 0 Å². The van der Waals surface area contributed by atoms with E-state index in [0.717, 1.165) is 47.4 Å². The largest absolute Gasteiger partial charge is 0.494 e. The lowest BCUT2D eigenvalue weighted by Crippen LogP contribution is -2.20. The number of amides is 1. The molecule has 0 saturated carbocycles. The maximum atomic E-state index is 12.5. The minimum absolute atomic E-state index is 0.285. The number of aromatic amines is 1. The number of benzene rings is 2. The number of hydrazone groups is 1. The van der Waals surface area contributed by atoms with Crippen LogP contribution in [0.5, 0.6) is 5.75 Å². The molecule has 0 bridgehead atoms. The van der Waals surface area contributed by atoms with Crippen LogP contribution in [0.15, 0.2) is 53.6 Å². The number of nitrogens with zero attached hydrogens (tertiary/aromatic N) is 2. The van der Waals surface area contributed by atoms with E-state index in [2.05, 4.69) is 33.7 Å². The molecule has 0 saturated heterocycles. The van der Waals surface area contributed by atoms with E-state index >= 15 is 0 Å². The van der Waals surface area contributed by atoms with Gasteiger partial charge in [0.25, 0.3) is 5.91 Å². The summed E-state index contributed by atoms with van der Waals surface area (Å²) in [5, 5.41) is 11.3. The number of ether oxygens (including phenoxy) is 1. The highest BCUT2D eigenvalue weighted by Gasteiger charge is 2.24. The average molecular weight is 374 g/mol. The number of aromatic nitrogens is 2. The summed E-state index contributed by atoms with van der Waals surface area (Å²) in [5.41, 5.74) is 8.10. The van der Waals surface area contributed by atoms with Crippen LogP contribution < -0.4 is 10.2 Å². The van der Waals surface area contributed by atoms with Crippen molar-refractivity contribution in [3.05, 3.63) is 70.9 Å². The first-order valence-electron chi connectivity index (χ1n) is 9.48. The Labute approximate surface area is 163 Å². The number of fused-ring (bicyclic) bond motifs is 3. The summed E-state index contributed by atoms with van der Waals surface area (Å²) in [6.45, 7) is 2.77. The van der Waals surface area contributed by atoms with Gasteiger partial charge in [0, 0.05) is 11.1 Å². The van der Waals surface area contributed by atoms with Crippen molar-refractivity contribution in [2.24, 2.45) is 5.10 Å². The Bertz CT molecular complexity index is 1010. The van der Waals surface area contributed by atoms with E-state index in [1.807, 2.05) is 42.5 Å². The van der Waals surface area contributed by atoms with Crippen LogP contribution in [0.4, 0.5) is 0 Å². The molecule has 1 heterocycles. The number of hydrogen-bond donors (Lipinski definition) is 2. The van der Waals surface area contributed by atoms with Gasteiger partial charge in [0.1, 0.15) is 11.4 Å². The van der Waals surface area contributed by atoms with Gasteiger partial charge < -0.3 is 4.74 Å². The summed E-state index contributed by atoms with van der Waals surface area (Å²) < 4.78 is 5.55. The number of hydrogen-bond acceptors (Lipinski definition) is 4. The molecular formula is C22H22N4O2. The maximum absolute atomic E-state index is 12.5. The monoisotopic (exact) mass is 374 g/mol. The van der Waals surface area contributed by atoms with Crippen molar-refractivity contribution in [2.75, 3.05) is 6.61 Å². The van der Waals surface area contributed by atoms with E-state index in [0.29, 0.717) is 12.3 Å². The fourth-order valence-electron chi connectivity index (χ4n) is 3.34. The van der Waals surface area contributed by atoms with Gasteiger partial charge in [-0.15, -0.1) is 0 Å². The van der Waals surface area contributed by atoms with Crippen LogP contribution in [0.1, 0.15) is 40.5 Å². The molecular weight excluding hydrogens is 352 g/mol. The van der Waals surface area contributed by atoms with Gasteiger partial charge in [-0.2, -0.15) is 10.2 Å². The lowest BCUT2D eigenvalue weighted by Gasteiger charge is -2.15. The number of rotatable bonds is 6. The SMILES string of the molecule is CCCOc1ccc(/C=N/NC(=O)c2[nH]nc3c2CCc2ccccc2-3)cc1. The lowest BCUT2D eigenvalue weighted by molar-refractivity contribution is 0.0949. The summed E-state index contributed by atoms with van der Waals surface area (Å²) in [6.07, 6.45) is 4.27. The highest BCUT2D eigenvalue weighted by atomic mass is 16.5. The molecule has 1 aliphatic carbocycles. The predicted molar refractivity (Wildman–Crippen MR) is 109 cm³/mol. The zero-order chi connectivity index (χ0) is 19.3. The molecule has 3 aromatic rings. The van der Waals surface area contributed by atoms with Crippen LogP contribution in [0.25, 0.3) is 11.3 Å². The Morgan fingerprint density at radius 3 is 2.86 bits per heavy atom. The van der Waals surface area contributed by atoms with Crippen molar-refractivity contribution in [2.45, 2.75) is 26.2 Å². The Kier molecular flexibility index (Phi) is 5.19. The van der Waals surface area contributed by atoms with Crippen molar-refractivity contribution in [1.29, 1.82) is 0 Å². The Morgan fingerprint density at radius 1 is 1.21 bits per heavy atom. The Hall–Kier alpha value is -3.41. The first-order valence-corrected chi connectivity index (χ1v) is 9.48. The quantitative estimate of drug-likeness (QED) is 0.510. The standard InChI is InChI=1S/C22H22N4O2/c1-2-13-28-17-10-7-15(8-11-17)14-23-26-22(27)21-19-12-9-16-5-3-4-6-18(16)20(19)24-25-21/h3-8,10-11,14H,2,9,12-13H2,1H3,(H,24,25)(H,26,27)/b23-14+. The zero-order valence-corrected chi connectivity index (χ0v) is 15.7. The third kappa shape index (κ3) is 3.67. The summed E-state index contributed by atoms with van der Waals surface area (Å²) in [7, 11) is 0. The van der Waals surface area contributed by atoms with Crippen LogP contribution in [0.3, 0.4) is 0 Å². The molecule has 0 aliphatic heterocycles. The van der Waals surface area contributed by atoms with Crippen LogP contribution in [-0.4, -0.2) is 28.9 Å². The summed E-state index contributed by atoms with van der Waals surface area (Å²) in [5.74, 6) is 0.541. The number of carbonyl (C=O) groups is 1. The molecule has 1 amide bonds. The summed E-state index contributed by atoms with van der Waals surface area (Å²) >= 11 is 0. The van der Waals surface area contributed by atoms with E-state index in [-0.39, 0.29) is 5.91 Å². The second-order valence-corrected chi connectivity index (χ2v) is 6.70. The molecule has 1 aliphatic rings. The van der Waals surface area contributed by atoms with Gasteiger partial charge in [0.05, 0.1) is 18.5 Å². The Balaban J connectivity index is 1.43. The first kappa shape index (κ1) is 18.0. The minimum atomic E-state index is -0.285. The Morgan fingerprint density at radius 2 is 2.04 bits per heavy atom. The summed E-state index contributed by atoms with van der Waals surface area (Å²) in [4.78, 5) is 12.5. The molecule has 6 heteroatoms. The molecule has 6 nitrogen and oxygen atoms in total. The van der Waals surface area contributed by atoms with Gasteiger partial charge in [-0.05, 0) is 54.7 Å². The second-order valence-electron chi connectivity index (χ2n) is 6.70.